The minimum atomic E-state index is -0.520. The van der Waals surface area contributed by atoms with E-state index in [1.807, 2.05) is 13.8 Å². The molecule has 7 nitrogen and oxygen atoms in total. The van der Waals surface area contributed by atoms with Crippen LogP contribution < -0.4 is 10.9 Å². The van der Waals surface area contributed by atoms with Gasteiger partial charge in [0.25, 0.3) is 11.5 Å². The van der Waals surface area contributed by atoms with Gasteiger partial charge in [0, 0.05) is 30.4 Å². The number of rotatable bonds is 7. The van der Waals surface area contributed by atoms with Gasteiger partial charge in [0.1, 0.15) is 17.4 Å². The lowest BCUT2D eigenvalue weighted by Gasteiger charge is -2.19. The summed E-state index contributed by atoms with van der Waals surface area (Å²) in [6.45, 7) is 3.87. The summed E-state index contributed by atoms with van der Waals surface area (Å²) in [4.78, 5) is 32.1. The summed E-state index contributed by atoms with van der Waals surface area (Å²) in [7, 11) is 0. The lowest BCUT2D eigenvalue weighted by Crippen LogP contribution is -2.31. The minimum Gasteiger partial charge on any atom is -0.360 e. The van der Waals surface area contributed by atoms with Gasteiger partial charge in [-0.05, 0) is 30.5 Å². The molecular weight excluding hydrogens is 387 g/mol. The number of hydrogen-bond donors (Lipinski definition) is 2. The van der Waals surface area contributed by atoms with Crippen molar-refractivity contribution in [2.24, 2.45) is 0 Å². The SMILES string of the molecule is CC(C)c1nc(C[C@H](NC(=O)c2cc(C3CC3)on2)c2ccc(F)cc2)cc(=O)[nH]1. The van der Waals surface area contributed by atoms with Crippen molar-refractivity contribution in [3.63, 3.8) is 0 Å². The highest BCUT2D eigenvalue weighted by molar-refractivity contribution is 5.92. The van der Waals surface area contributed by atoms with Crippen molar-refractivity contribution in [3.05, 3.63) is 81.1 Å². The molecule has 1 amide bonds. The Kier molecular flexibility index (Phi) is 5.48. The molecule has 30 heavy (non-hydrogen) atoms. The average molecular weight is 410 g/mol. The van der Waals surface area contributed by atoms with Crippen molar-refractivity contribution >= 4 is 5.91 Å². The molecule has 2 N–H and O–H groups in total. The third-order valence-electron chi connectivity index (χ3n) is 5.09. The van der Waals surface area contributed by atoms with Crippen LogP contribution in [0.4, 0.5) is 4.39 Å². The Bertz CT molecular complexity index is 1100. The van der Waals surface area contributed by atoms with E-state index in [2.05, 4.69) is 20.4 Å². The largest absolute Gasteiger partial charge is 0.360 e. The Balaban J connectivity index is 1.60. The molecule has 0 saturated heterocycles. The van der Waals surface area contributed by atoms with Crippen molar-refractivity contribution in [3.8, 4) is 0 Å². The number of carbonyl (C=O) groups excluding carboxylic acids is 1. The molecule has 2 aromatic heterocycles. The quantitative estimate of drug-likeness (QED) is 0.620. The third kappa shape index (κ3) is 4.64. The second-order valence-corrected chi connectivity index (χ2v) is 7.95. The van der Waals surface area contributed by atoms with Crippen molar-refractivity contribution in [2.75, 3.05) is 0 Å². The molecule has 1 aromatic carbocycles. The van der Waals surface area contributed by atoms with Crippen LogP contribution in [-0.2, 0) is 6.42 Å². The predicted octanol–water partition coefficient (Wildman–Crippen LogP) is 3.61. The number of nitrogens with one attached hydrogen (secondary N) is 2. The van der Waals surface area contributed by atoms with Gasteiger partial charge in [-0.25, -0.2) is 9.37 Å². The van der Waals surface area contributed by atoms with E-state index in [0.29, 0.717) is 23.0 Å². The monoisotopic (exact) mass is 410 g/mol. The first-order valence-electron chi connectivity index (χ1n) is 10.0. The summed E-state index contributed by atoms with van der Waals surface area (Å²) in [5, 5.41) is 6.80. The maximum absolute atomic E-state index is 13.4. The van der Waals surface area contributed by atoms with Gasteiger partial charge in [0.05, 0.1) is 11.7 Å². The molecule has 8 heteroatoms. The van der Waals surface area contributed by atoms with Crippen LogP contribution in [0.2, 0.25) is 0 Å². The molecule has 1 aliphatic rings. The van der Waals surface area contributed by atoms with E-state index in [1.165, 1.54) is 18.2 Å². The Morgan fingerprint density at radius 1 is 1.27 bits per heavy atom. The second kappa shape index (κ2) is 8.22. The summed E-state index contributed by atoms with van der Waals surface area (Å²) in [5.74, 6) is 0.928. The highest BCUT2D eigenvalue weighted by atomic mass is 19.1. The molecule has 3 aromatic rings. The lowest BCUT2D eigenvalue weighted by atomic mass is 10.0. The van der Waals surface area contributed by atoms with Crippen molar-refractivity contribution < 1.29 is 13.7 Å². The first kappa shape index (κ1) is 20.0. The number of hydrogen-bond acceptors (Lipinski definition) is 5. The molecule has 0 unspecified atom stereocenters. The van der Waals surface area contributed by atoms with Crippen LogP contribution in [0.1, 0.15) is 77.9 Å². The molecule has 0 aliphatic heterocycles. The first-order chi connectivity index (χ1) is 14.4. The smallest absolute Gasteiger partial charge is 0.273 e. The molecule has 2 heterocycles. The Morgan fingerprint density at radius 2 is 2.00 bits per heavy atom. The fourth-order valence-corrected chi connectivity index (χ4v) is 3.25. The summed E-state index contributed by atoms with van der Waals surface area (Å²) in [6.07, 6.45) is 2.36. The number of carbonyl (C=O) groups is 1. The standard InChI is InChI=1S/C22H23FN4O3/c1-12(2)21-24-16(10-20(28)26-21)9-17(13-5-7-15(23)8-6-13)25-22(29)18-11-19(30-27-18)14-3-4-14/h5-8,10-12,14,17H,3-4,9H2,1-2H3,(H,25,29)(H,24,26,28)/t17-/m0/s1. The molecule has 1 saturated carbocycles. The van der Waals surface area contributed by atoms with Crippen molar-refractivity contribution in [2.45, 2.75) is 51.0 Å². The van der Waals surface area contributed by atoms with E-state index in [0.717, 1.165) is 18.6 Å². The van der Waals surface area contributed by atoms with Crippen LogP contribution in [0.25, 0.3) is 0 Å². The first-order valence-corrected chi connectivity index (χ1v) is 10.0. The molecular formula is C22H23FN4O3. The molecule has 1 aliphatic carbocycles. The van der Waals surface area contributed by atoms with E-state index in [-0.39, 0.29) is 29.4 Å². The number of nitrogens with zero attached hydrogens (tertiary/aromatic N) is 2. The van der Waals surface area contributed by atoms with Gasteiger partial charge in [-0.2, -0.15) is 0 Å². The van der Waals surface area contributed by atoms with Gasteiger partial charge in [0.2, 0.25) is 0 Å². The van der Waals surface area contributed by atoms with Crippen LogP contribution >= 0.6 is 0 Å². The molecule has 4 rings (SSSR count). The molecule has 0 spiro atoms. The Morgan fingerprint density at radius 3 is 2.67 bits per heavy atom. The maximum atomic E-state index is 13.4. The number of amides is 1. The number of benzene rings is 1. The van der Waals surface area contributed by atoms with Gasteiger partial charge in [-0.1, -0.05) is 31.1 Å². The van der Waals surface area contributed by atoms with Crippen LogP contribution in [0.5, 0.6) is 0 Å². The van der Waals surface area contributed by atoms with E-state index in [4.69, 9.17) is 4.52 Å². The van der Waals surface area contributed by atoms with Gasteiger partial charge in [-0.3, -0.25) is 9.59 Å². The molecule has 0 radical (unpaired) electrons. The zero-order valence-corrected chi connectivity index (χ0v) is 16.8. The Hall–Kier alpha value is -3.29. The molecule has 0 bridgehead atoms. The zero-order chi connectivity index (χ0) is 21.3. The fourth-order valence-electron chi connectivity index (χ4n) is 3.25. The van der Waals surface area contributed by atoms with E-state index >= 15 is 0 Å². The lowest BCUT2D eigenvalue weighted by molar-refractivity contribution is 0.0927. The zero-order valence-electron chi connectivity index (χ0n) is 16.8. The van der Waals surface area contributed by atoms with Gasteiger partial charge in [0.15, 0.2) is 5.69 Å². The average Bonchev–Trinajstić information content (AvgIpc) is 3.44. The molecule has 1 fully saturated rings. The maximum Gasteiger partial charge on any atom is 0.273 e. The summed E-state index contributed by atoms with van der Waals surface area (Å²) < 4.78 is 18.7. The summed E-state index contributed by atoms with van der Waals surface area (Å²) >= 11 is 0. The van der Waals surface area contributed by atoms with Crippen molar-refractivity contribution in [1.82, 2.24) is 20.4 Å². The van der Waals surface area contributed by atoms with Gasteiger partial charge < -0.3 is 14.8 Å². The molecule has 1 atom stereocenters. The van der Waals surface area contributed by atoms with Gasteiger partial charge in [-0.15, -0.1) is 0 Å². The fraction of sp³-hybridized carbons (Fsp3) is 0.364. The van der Waals surface area contributed by atoms with Crippen molar-refractivity contribution in [1.29, 1.82) is 0 Å². The van der Waals surface area contributed by atoms with Crippen LogP contribution in [0, 0.1) is 5.82 Å². The number of halogens is 1. The highest BCUT2D eigenvalue weighted by Gasteiger charge is 2.29. The normalized spacial score (nSPS) is 14.7. The summed E-state index contributed by atoms with van der Waals surface area (Å²) in [5.41, 5.74) is 1.18. The Labute approximate surface area is 172 Å². The van der Waals surface area contributed by atoms with E-state index in [9.17, 15) is 14.0 Å². The van der Waals surface area contributed by atoms with Crippen LogP contribution in [-0.4, -0.2) is 21.0 Å². The van der Waals surface area contributed by atoms with Gasteiger partial charge >= 0.3 is 0 Å². The molecule has 156 valence electrons. The van der Waals surface area contributed by atoms with Crippen LogP contribution in [0.15, 0.2) is 45.7 Å². The second-order valence-electron chi connectivity index (χ2n) is 7.95. The summed E-state index contributed by atoms with van der Waals surface area (Å²) in [6, 6.07) is 8.44. The van der Waals surface area contributed by atoms with Crippen LogP contribution in [0.3, 0.4) is 0 Å². The topological polar surface area (TPSA) is 101 Å². The van der Waals surface area contributed by atoms with E-state index in [1.54, 1.807) is 18.2 Å². The predicted molar refractivity (Wildman–Crippen MR) is 108 cm³/mol. The number of aromatic amines is 1. The van der Waals surface area contributed by atoms with E-state index < -0.39 is 11.9 Å². The minimum absolute atomic E-state index is 0.0486. The number of H-pyrrole nitrogens is 1. The number of aromatic nitrogens is 3. The third-order valence-corrected chi connectivity index (χ3v) is 5.09. The highest BCUT2D eigenvalue weighted by Crippen LogP contribution is 2.40.